The highest BCUT2D eigenvalue weighted by atomic mass is 35.5. The second-order valence-electron chi connectivity index (χ2n) is 5.11. The Bertz CT molecular complexity index is 601. The number of nitrogens with one attached hydrogen (secondary N) is 1. The molecule has 1 saturated heterocycles. The van der Waals surface area contributed by atoms with Crippen molar-refractivity contribution >= 4 is 34.9 Å². The van der Waals surface area contributed by atoms with E-state index in [4.69, 9.17) is 11.6 Å². The lowest BCUT2D eigenvalue weighted by Crippen LogP contribution is -2.42. The predicted molar refractivity (Wildman–Crippen MR) is 80.5 cm³/mol. The summed E-state index contributed by atoms with van der Waals surface area (Å²) in [6.07, 6.45) is 1.44. The largest absolute Gasteiger partial charge is 0.331 e. The van der Waals surface area contributed by atoms with Gasteiger partial charge >= 0.3 is 0 Å². The molecule has 0 unspecified atom stereocenters. The molecule has 1 aliphatic rings. The van der Waals surface area contributed by atoms with Crippen molar-refractivity contribution < 1.29 is 14.4 Å². The van der Waals surface area contributed by atoms with Gasteiger partial charge in [0.05, 0.1) is 10.7 Å². The van der Waals surface area contributed by atoms with Crippen LogP contribution in [0.5, 0.6) is 0 Å². The molecule has 6 heteroatoms. The number of likely N-dealkylation sites (tertiary alicyclic amines) is 1. The van der Waals surface area contributed by atoms with Crippen molar-refractivity contribution in [3.63, 3.8) is 0 Å². The lowest BCUT2D eigenvalue weighted by molar-refractivity contribution is -0.134. The van der Waals surface area contributed by atoms with Gasteiger partial charge in [0.15, 0.2) is 5.78 Å². The second-order valence-corrected chi connectivity index (χ2v) is 5.52. The average Bonchev–Trinajstić information content (AvgIpc) is 2.90. The first-order chi connectivity index (χ1) is 9.90. The minimum absolute atomic E-state index is 0.103. The predicted octanol–water partition coefficient (Wildman–Crippen LogP) is 2.49. The molecule has 5 nitrogen and oxygen atoms in total. The molecule has 1 aliphatic heterocycles. The summed E-state index contributed by atoms with van der Waals surface area (Å²) in [4.78, 5) is 36.8. The van der Waals surface area contributed by atoms with Gasteiger partial charge in [-0.2, -0.15) is 0 Å². The van der Waals surface area contributed by atoms with Crippen LogP contribution >= 0.6 is 11.6 Å². The average molecular weight is 309 g/mol. The van der Waals surface area contributed by atoms with E-state index in [0.717, 1.165) is 6.42 Å². The molecule has 21 heavy (non-hydrogen) atoms. The summed E-state index contributed by atoms with van der Waals surface area (Å²) in [5, 5.41) is 3.08. The van der Waals surface area contributed by atoms with Crippen LogP contribution in [-0.2, 0) is 9.59 Å². The minimum atomic E-state index is -0.473. The smallest absolute Gasteiger partial charge is 0.247 e. The van der Waals surface area contributed by atoms with Crippen molar-refractivity contribution in [3.8, 4) is 0 Å². The molecule has 2 amide bonds. The van der Waals surface area contributed by atoms with Gasteiger partial charge in [0, 0.05) is 19.0 Å². The zero-order valence-electron chi connectivity index (χ0n) is 12.0. The highest BCUT2D eigenvalue weighted by Gasteiger charge is 2.32. The van der Waals surface area contributed by atoms with Crippen molar-refractivity contribution in [1.82, 2.24) is 4.90 Å². The molecular weight excluding hydrogens is 292 g/mol. The number of carbonyl (C=O) groups is 3. The van der Waals surface area contributed by atoms with Crippen molar-refractivity contribution in [1.29, 1.82) is 0 Å². The third-order valence-electron chi connectivity index (χ3n) is 3.59. The summed E-state index contributed by atoms with van der Waals surface area (Å²) in [5.74, 6) is -0.491. The SMILES string of the molecule is CC(=O)c1ccc(Cl)c(NC(=O)[C@@H]2CCCN2C(C)=O)c1. The van der Waals surface area contributed by atoms with Gasteiger partial charge in [0.1, 0.15) is 6.04 Å². The standard InChI is InChI=1S/C15H17ClN2O3/c1-9(19)11-5-6-12(16)13(8-11)17-15(21)14-4-3-7-18(14)10(2)20/h5-6,8,14H,3-4,7H2,1-2H3,(H,17,21)/t14-/m0/s1. The Kier molecular flexibility index (Phi) is 4.63. The molecule has 0 saturated carbocycles. The summed E-state index contributed by atoms with van der Waals surface area (Å²) >= 11 is 6.04. The number of rotatable bonds is 3. The van der Waals surface area contributed by atoms with E-state index in [9.17, 15) is 14.4 Å². The maximum absolute atomic E-state index is 12.3. The van der Waals surface area contributed by atoms with Gasteiger partial charge < -0.3 is 10.2 Å². The van der Waals surface area contributed by atoms with Crippen LogP contribution in [-0.4, -0.2) is 35.1 Å². The van der Waals surface area contributed by atoms with Crippen LogP contribution < -0.4 is 5.32 Å². The van der Waals surface area contributed by atoms with Gasteiger partial charge in [0.2, 0.25) is 11.8 Å². The highest BCUT2D eigenvalue weighted by Crippen LogP contribution is 2.25. The molecule has 1 N–H and O–H groups in total. The molecular formula is C15H17ClN2O3. The van der Waals surface area contributed by atoms with Gasteiger partial charge in [-0.3, -0.25) is 14.4 Å². The Balaban J connectivity index is 2.18. The Morgan fingerprint density at radius 3 is 2.62 bits per heavy atom. The quantitative estimate of drug-likeness (QED) is 0.872. The first kappa shape index (κ1) is 15.5. The first-order valence-electron chi connectivity index (χ1n) is 6.78. The highest BCUT2D eigenvalue weighted by molar-refractivity contribution is 6.34. The van der Waals surface area contributed by atoms with Gasteiger partial charge in [-0.05, 0) is 38.0 Å². The van der Waals surface area contributed by atoms with E-state index in [-0.39, 0.29) is 17.6 Å². The van der Waals surface area contributed by atoms with E-state index in [1.807, 2.05) is 0 Å². The van der Waals surface area contributed by atoms with E-state index < -0.39 is 6.04 Å². The summed E-state index contributed by atoms with van der Waals surface area (Å²) in [6, 6.07) is 4.26. The van der Waals surface area contributed by atoms with E-state index in [1.165, 1.54) is 13.8 Å². The van der Waals surface area contributed by atoms with E-state index in [0.29, 0.717) is 29.2 Å². The number of carbonyl (C=O) groups excluding carboxylic acids is 3. The fourth-order valence-electron chi connectivity index (χ4n) is 2.47. The Morgan fingerprint density at radius 2 is 2.00 bits per heavy atom. The second kappa shape index (κ2) is 6.26. The van der Waals surface area contributed by atoms with Crippen molar-refractivity contribution in [2.24, 2.45) is 0 Å². The number of ketones is 1. The number of amides is 2. The molecule has 112 valence electrons. The molecule has 1 aromatic carbocycles. The van der Waals surface area contributed by atoms with Crippen LogP contribution in [0.4, 0.5) is 5.69 Å². The number of Topliss-reactive ketones (excluding diaryl/α,β-unsaturated/α-hetero) is 1. The maximum Gasteiger partial charge on any atom is 0.247 e. The zero-order valence-corrected chi connectivity index (χ0v) is 12.7. The van der Waals surface area contributed by atoms with Gasteiger partial charge in [-0.25, -0.2) is 0 Å². The van der Waals surface area contributed by atoms with Gasteiger partial charge in [0.25, 0.3) is 0 Å². The number of halogens is 1. The number of hydrogen-bond acceptors (Lipinski definition) is 3. The van der Waals surface area contributed by atoms with Crippen LogP contribution in [0.15, 0.2) is 18.2 Å². The van der Waals surface area contributed by atoms with Crippen molar-refractivity contribution in [2.45, 2.75) is 32.7 Å². The Morgan fingerprint density at radius 1 is 1.29 bits per heavy atom. The molecule has 1 aromatic rings. The number of hydrogen-bond donors (Lipinski definition) is 1. The summed E-state index contributed by atoms with van der Waals surface area (Å²) in [6.45, 7) is 3.49. The molecule has 1 fully saturated rings. The van der Waals surface area contributed by atoms with Crippen LogP contribution in [0.2, 0.25) is 5.02 Å². The topological polar surface area (TPSA) is 66.5 Å². The normalized spacial score (nSPS) is 17.7. The lowest BCUT2D eigenvalue weighted by Gasteiger charge is -2.22. The molecule has 0 spiro atoms. The van der Waals surface area contributed by atoms with Crippen LogP contribution in [0.25, 0.3) is 0 Å². The summed E-state index contributed by atoms with van der Waals surface area (Å²) in [7, 11) is 0. The van der Waals surface area contributed by atoms with Crippen molar-refractivity contribution in [3.05, 3.63) is 28.8 Å². The third-order valence-corrected chi connectivity index (χ3v) is 3.92. The molecule has 2 rings (SSSR count). The number of nitrogens with zero attached hydrogens (tertiary/aromatic N) is 1. The molecule has 0 radical (unpaired) electrons. The van der Waals surface area contributed by atoms with E-state index in [1.54, 1.807) is 23.1 Å². The summed E-state index contributed by atoms with van der Waals surface area (Å²) < 4.78 is 0. The van der Waals surface area contributed by atoms with Crippen LogP contribution in [0, 0.1) is 0 Å². The first-order valence-corrected chi connectivity index (χ1v) is 7.16. The fraction of sp³-hybridized carbons (Fsp3) is 0.400. The molecule has 1 heterocycles. The molecule has 0 aliphatic carbocycles. The lowest BCUT2D eigenvalue weighted by atomic mass is 10.1. The van der Waals surface area contributed by atoms with Crippen LogP contribution in [0.1, 0.15) is 37.0 Å². The Hall–Kier alpha value is -1.88. The number of benzene rings is 1. The monoisotopic (exact) mass is 308 g/mol. The molecule has 0 bridgehead atoms. The van der Waals surface area contributed by atoms with Crippen LogP contribution in [0.3, 0.4) is 0 Å². The molecule has 1 atom stereocenters. The minimum Gasteiger partial charge on any atom is -0.331 e. The zero-order chi connectivity index (χ0) is 15.6. The Labute approximate surface area is 128 Å². The maximum atomic E-state index is 12.3. The van der Waals surface area contributed by atoms with E-state index >= 15 is 0 Å². The van der Waals surface area contributed by atoms with Gasteiger partial charge in [-0.1, -0.05) is 11.6 Å². The van der Waals surface area contributed by atoms with Gasteiger partial charge in [-0.15, -0.1) is 0 Å². The fourth-order valence-corrected chi connectivity index (χ4v) is 2.64. The van der Waals surface area contributed by atoms with Crippen molar-refractivity contribution in [2.75, 3.05) is 11.9 Å². The molecule has 0 aromatic heterocycles. The third kappa shape index (κ3) is 3.42. The number of anilines is 1. The summed E-state index contributed by atoms with van der Waals surface area (Å²) in [5.41, 5.74) is 0.870. The van der Waals surface area contributed by atoms with E-state index in [2.05, 4.69) is 5.32 Å².